The zero-order chi connectivity index (χ0) is 27.0. The maximum absolute atomic E-state index is 14.0. The van der Waals surface area contributed by atoms with Crippen LogP contribution in [-0.2, 0) is 35.7 Å². The number of carbonyl (C=O) groups is 3. The number of aliphatic carboxylic acids is 1. The number of carbonyl (C=O) groups excluding carboxylic acids is 2. The molecule has 11 heteroatoms. The maximum atomic E-state index is 14.0. The molecule has 5 atom stereocenters. The summed E-state index contributed by atoms with van der Waals surface area (Å²) in [5.41, 5.74) is -2.88. The molecule has 2 saturated carbocycles. The first kappa shape index (κ1) is 25.5. The van der Waals surface area contributed by atoms with E-state index in [0.717, 1.165) is 24.9 Å². The van der Waals surface area contributed by atoms with E-state index in [-0.39, 0.29) is 37.2 Å². The van der Waals surface area contributed by atoms with Gasteiger partial charge in [-0.25, -0.2) is 4.79 Å². The molecule has 2 heterocycles. The van der Waals surface area contributed by atoms with E-state index in [1.54, 1.807) is 6.07 Å². The van der Waals surface area contributed by atoms with E-state index < -0.39 is 46.2 Å². The Hall–Kier alpha value is -2.73. The van der Waals surface area contributed by atoms with Crippen LogP contribution in [-0.4, -0.2) is 102 Å². The number of rotatable bonds is 9. The lowest BCUT2D eigenvalue weighted by Gasteiger charge is -2.63. The molecule has 1 aromatic rings. The van der Waals surface area contributed by atoms with Crippen LogP contribution in [0.3, 0.4) is 0 Å². The van der Waals surface area contributed by atoms with Crippen molar-refractivity contribution in [1.29, 1.82) is 0 Å². The number of ether oxygens (including phenoxy) is 3. The number of likely N-dealkylation sites (tertiary alicyclic amines) is 1. The summed E-state index contributed by atoms with van der Waals surface area (Å²) in [6.07, 6.45) is 1.90. The molecule has 38 heavy (non-hydrogen) atoms. The topological polar surface area (TPSA) is 155 Å². The highest BCUT2D eigenvalue weighted by Crippen LogP contribution is 2.65. The van der Waals surface area contributed by atoms with Gasteiger partial charge in [-0.1, -0.05) is 6.07 Å². The predicted molar refractivity (Wildman–Crippen MR) is 131 cm³/mol. The van der Waals surface area contributed by atoms with Gasteiger partial charge in [-0.2, -0.15) is 0 Å². The highest BCUT2D eigenvalue weighted by molar-refractivity contribution is 6.07. The normalized spacial score (nSPS) is 33.4. The van der Waals surface area contributed by atoms with Crippen molar-refractivity contribution in [1.82, 2.24) is 10.2 Å². The molecule has 3 aliphatic carbocycles. The standard InChI is InChI=1S/C27H34N2O9/c1-36-12-25(13-37-2,24(33)34)28-23(32)16-10-27(35)18-9-15-5-6-17(30)21-19(15)26(27,22(38-21)20(16)31)7-8-29(18)11-14-3-4-14/h5-6,14,16,18,22,30,35H,3-4,7-13H2,1-2H3,(H,28,32)(H,33,34)/t16?,18-,22+,26+,27-/m1/s1. The molecule has 1 amide bonds. The molecule has 3 fully saturated rings. The van der Waals surface area contributed by atoms with Gasteiger partial charge in [0.05, 0.1) is 24.2 Å². The Morgan fingerprint density at radius 3 is 2.58 bits per heavy atom. The van der Waals surface area contributed by atoms with Crippen LogP contribution in [0.5, 0.6) is 11.5 Å². The first-order chi connectivity index (χ1) is 18.1. The molecule has 2 bridgehead atoms. The molecule has 6 rings (SSSR count). The molecule has 1 unspecified atom stereocenters. The molecule has 11 nitrogen and oxygen atoms in total. The van der Waals surface area contributed by atoms with Crippen molar-refractivity contribution in [3.05, 3.63) is 23.3 Å². The van der Waals surface area contributed by atoms with Gasteiger partial charge >= 0.3 is 5.97 Å². The van der Waals surface area contributed by atoms with Crippen LogP contribution in [0.4, 0.5) is 0 Å². The van der Waals surface area contributed by atoms with Crippen LogP contribution in [0, 0.1) is 11.8 Å². The monoisotopic (exact) mass is 530 g/mol. The van der Waals surface area contributed by atoms with Gasteiger partial charge < -0.3 is 34.8 Å². The predicted octanol–water partition coefficient (Wildman–Crippen LogP) is -0.0161. The molecular formula is C27H34N2O9. The molecular weight excluding hydrogens is 496 g/mol. The number of amides is 1. The SMILES string of the molecule is COCC(COC)(NC(=O)C1C[C@@]2(O)[C@H]3Cc4ccc(O)c5c4[C@@]2(CCN3CC2CC2)[C@@H](O5)C1=O)C(=O)O. The molecule has 0 aromatic heterocycles. The summed E-state index contributed by atoms with van der Waals surface area (Å²) in [7, 11) is 2.62. The van der Waals surface area contributed by atoms with Crippen LogP contribution in [0.1, 0.15) is 36.8 Å². The van der Waals surface area contributed by atoms with E-state index in [0.29, 0.717) is 30.9 Å². The number of nitrogens with zero attached hydrogens (tertiary/aromatic N) is 1. The third-order valence-electron chi connectivity index (χ3n) is 9.50. The van der Waals surface area contributed by atoms with E-state index in [2.05, 4.69) is 10.2 Å². The number of hydrogen-bond donors (Lipinski definition) is 4. The average molecular weight is 531 g/mol. The molecule has 1 saturated heterocycles. The van der Waals surface area contributed by atoms with E-state index in [1.807, 2.05) is 6.07 Å². The number of phenols is 1. The summed E-state index contributed by atoms with van der Waals surface area (Å²) in [5, 5.41) is 35.8. The first-order valence-electron chi connectivity index (χ1n) is 13.2. The third-order valence-corrected chi connectivity index (χ3v) is 9.50. The van der Waals surface area contributed by atoms with Gasteiger partial charge in [0.15, 0.2) is 28.9 Å². The van der Waals surface area contributed by atoms with Crippen molar-refractivity contribution in [2.24, 2.45) is 11.8 Å². The quantitative estimate of drug-likeness (QED) is 0.320. The fraction of sp³-hybridized carbons (Fsp3) is 0.667. The number of ketones is 1. The zero-order valence-corrected chi connectivity index (χ0v) is 21.6. The number of carboxylic acid groups (broad SMARTS) is 1. The van der Waals surface area contributed by atoms with Crippen molar-refractivity contribution < 1.29 is 43.9 Å². The second-order valence-electron chi connectivity index (χ2n) is 11.7. The zero-order valence-electron chi connectivity index (χ0n) is 21.6. The Bertz CT molecular complexity index is 1190. The van der Waals surface area contributed by atoms with E-state index in [4.69, 9.17) is 14.2 Å². The smallest absolute Gasteiger partial charge is 0.334 e. The molecule has 206 valence electrons. The number of Topliss-reactive ketones (excluding diaryl/α,β-unsaturated/α-hetero) is 1. The van der Waals surface area contributed by atoms with Gasteiger partial charge in [0.25, 0.3) is 0 Å². The highest BCUT2D eigenvalue weighted by atomic mass is 16.5. The van der Waals surface area contributed by atoms with E-state index in [1.165, 1.54) is 14.2 Å². The van der Waals surface area contributed by atoms with Crippen molar-refractivity contribution in [2.75, 3.05) is 40.5 Å². The van der Waals surface area contributed by atoms with Gasteiger partial charge in [0, 0.05) is 32.4 Å². The lowest BCUT2D eigenvalue weighted by molar-refractivity contribution is -0.199. The molecule has 1 aromatic carbocycles. The number of nitrogens with one attached hydrogen (secondary N) is 1. The molecule has 0 radical (unpaired) electrons. The van der Waals surface area contributed by atoms with Crippen molar-refractivity contribution >= 4 is 17.7 Å². The van der Waals surface area contributed by atoms with Crippen LogP contribution in [0.2, 0.25) is 0 Å². The second kappa shape index (κ2) is 8.64. The highest BCUT2D eigenvalue weighted by Gasteiger charge is 2.75. The van der Waals surface area contributed by atoms with Gasteiger partial charge in [-0.05, 0) is 56.2 Å². The Labute approximate surface area is 220 Å². The van der Waals surface area contributed by atoms with Crippen LogP contribution in [0.15, 0.2) is 12.1 Å². The summed E-state index contributed by atoms with van der Waals surface area (Å²) >= 11 is 0. The maximum Gasteiger partial charge on any atom is 0.334 e. The van der Waals surface area contributed by atoms with Crippen molar-refractivity contribution in [3.63, 3.8) is 0 Å². The van der Waals surface area contributed by atoms with E-state index >= 15 is 0 Å². The van der Waals surface area contributed by atoms with Gasteiger partial charge in [0.2, 0.25) is 5.91 Å². The third kappa shape index (κ3) is 3.31. The Balaban J connectivity index is 1.42. The summed E-state index contributed by atoms with van der Waals surface area (Å²) < 4.78 is 16.3. The largest absolute Gasteiger partial charge is 0.504 e. The molecule has 2 aliphatic heterocycles. The van der Waals surface area contributed by atoms with Gasteiger partial charge in [-0.3, -0.25) is 14.5 Å². The average Bonchev–Trinajstić information content (AvgIpc) is 3.61. The second-order valence-corrected chi connectivity index (χ2v) is 11.7. The Morgan fingerprint density at radius 1 is 1.24 bits per heavy atom. The number of methoxy groups -OCH3 is 2. The van der Waals surface area contributed by atoms with Gasteiger partial charge in [0.1, 0.15) is 5.92 Å². The molecule has 1 spiro atoms. The molecule has 4 N–H and O–H groups in total. The lowest BCUT2D eigenvalue weighted by Crippen LogP contribution is -2.78. The van der Waals surface area contributed by atoms with Crippen LogP contribution >= 0.6 is 0 Å². The number of aromatic hydroxyl groups is 1. The summed E-state index contributed by atoms with van der Waals surface area (Å²) in [4.78, 5) is 42.2. The minimum Gasteiger partial charge on any atom is -0.504 e. The van der Waals surface area contributed by atoms with Gasteiger partial charge in [-0.15, -0.1) is 0 Å². The number of aliphatic hydroxyl groups is 1. The fourth-order valence-electron chi connectivity index (χ4n) is 7.63. The van der Waals surface area contributed by atoms with Crippen LogP contribution < -0.4 is 10.1 Å². The Morgan fingerprint density at radius 2 is 1.95 bits per heavy atom. The Kier molecular flexibility index (Phi) is 5.81. The fourth-order valence-corrected chi connectivity index (χ4v) is 7.63. The van der Waals surface area contributed by atoms with Crippen LogP contribution in [0.25, 0.3) is 0 Å². The minimum atomic E-state index is -1.91. The number of hydrogen-bond acceptors (Lipinski definition) is 9. The van der Waals surface area contributed by atoms with Crippen molar-refractivity contribution in [2.45, 2.75) is 60.8 Å². The van der Waals surface area contributed by atoms with Crippen molar-refractivity contribution in [3.8, 4) is 11.5 Å². The first-order valence-corrected chi connectivity index (χ1v) is 13.2. The molecule has 5 aliphatic rings. The summed E-state index contributed by atoms with van der Waals surface area (Å²) in [6, 6.07) is 3.05. The number of carboxylic acids is 1. The number of piperidine rings is 1. The number of phenolic OH excluding ortho intramolecular Hbond substituents is 1. The minimum absolute atomic E-state index is 0.104. The number of benzene rings is 1. The summed E-state index contributed by atoms with van der Waals surface area (Å²) in [5.74, 6) is -3.40. The van der Waals surface area contributed by atoms with E-state index in [9.17, 15) is 29.7 Å². The lowest BCUT2D eigenvalue weighted by atomic mass is 9.47. The summed E-state index contributed by atoms with van der Waals surface area (Å²) in [6.45, 7) is 0.754.